The van der Waals surface area contributed by atoms with Crippen molar-refractivity contribution < 1.29 is 14.3 Å². The third-order valence-corrected chi connectivity index (χ3v) is 3.23. The molecule has 1 aromatic carbocycles. The van der Waals surface area contributed by atoms with Crippen molar-refractivity contribution >= 4 is 5.91 Å². The monoisotopic (exact) mass is 237 g/mol. The van der Waals surface area contributed by atoms with Crippen LogP contribution in [-0.2, 0) is 0 Å². The lowest BCUT2D eigenvalue weighted by Gasteiger charge is -2.21. The minimum Gasteiger partial charge on any atom is -0.507 e. The molecule has 1 N–H and O–H groups in total. The predicted octanol–water partition coefficient (Wildman–Crippen LogP) is 2.40. The van der Waals surface area contributed by atoms with E-state index in [9.17, 15) is 14.3 Å². The van der Waals surface area contributed by atoms with Crippen LogP contribution in [0.25, 0.3) is 0 Å². The summed E-state index contributed by atoms with van der Waals surface area (Å²) in [6.07, 6.45) is 0.966. The van der Waals surface area contributed by atoms with Crippen molar-refractivity contribution in [3.8, 4) is 5.75 Å². The molecule has 1 aromatic rings. The van der Waals surface area contributed by atoms with Crippen molar-refractivity contribution in [1.29, 1.82) is 0 Å². The molecule has 1 fully saturated rings. The van der Waals surface area contributed by atoms with Crippen molar-refractivity contribution in [1.82, 2.24) is 4.90 Å². The molecule has 3 nitrogen and oxygen atoms in total. The van der Waals surface area contributed by atoms with Gasteiger partial charge in [-0.3, -0.25) is 4.79 Å². The van der Waals surface area contributed by atoms with Crippen molar-refractivity contribution in [3.05, 3.63) is 29.6 Å². The van der Waals surface area contributed by atoms with Crippen LogP contribution in [0.4, 0.5) is 4.39 Å². The quantitative estimate of drug-likeness (QED) is 0.814. The largest absolute Gasteiger partial charge is 0.507 e. The predicted molar refractivity (Wildman–Crippen MR) is 62.3 cm³/mol. The minimum absolute atomic E-state index is 0.168. The molecule has 2 atom stereocenters. The van der Waals surface area contributed by atoms with Crippen LogP contribution in [0.5, 0.6) is 5.75 Å². The van der Waals surface area contributed by atoms with Crippen LogP contribution < -0.4 is 0 Å². The van der Waals surface area contributed by atoms with Gasteiger partial charge in [-0.25, -0.2) is 4.39 Å². The lowest BCUT2D eigenvalue weighted by molar-refractivity contribution is 0.0740. The van der Waals surface area contributed by atoms with E-state index in [-0.39, 0.29) is 23.3 Å². The number of rotatable bonds is 1. The molecule has 1 amide bonds. The summed E-state index contributed by atoms with van der Waals surface area (Å²) in [6, 6.07) is 3.67. The second kappa shape index (κ2) is 4.35. The number of amides is 1. The summed E-state index contributed by atoms with van der Waals surface area (Å²) in [5.74, 6) is -0.584. The molecule has 0 spiro atoms. The average molecular weight is 237 g/mol. The number of phenols is 1. The zero-order valence-electron chi connectivity index (χ0n) is 9.98. The SMILES string of the molecule is CC1CC(C)N(C(=O)c2ccc(F)cc2O)C1. The number of likely N-dealkylation sites (tertiary alicyclic amines) is 1. The topological polar surface area (TPSA) is 40.5 Å². The maximum Gasteiger partial charge on any atom is 0.257 e. The highest BCUT2D eigenvalue weighted by Gasteiger charge is 2.31. The van der Waals surface area contributed by atoms with Gasteiger partial charge in [0.2, 0.25) is 0 Å². The van der Waals surface area contributed by atoms with Crippen molar-refractivity contribution in [2.24, 2.45) is 5.92 Å². The molecule has 4 heteroatoms. The van der Waals surface area contributed by atoms with E-state index < -0.39 is 5.82 Å². The first kappa shape index (κ1) is 11.9. The van der Waals surface area contributed by atoms with Gasteiger partial charge in [0.05, 0.1) is 5.56 Å². The third kappa shape index (κ3) is 2.25. The fourth-order valence-electron chi connectivity index (χ4n) is 2.42. The molecule has 1 saturated heterocycles. The summed E-state index contributed by atoms with van der Waals surface area (Å²) >= 11 is 0. The molecule has 92 valence electrons. The Morgan fingerprint density at radius 3 is 2.71 bits per heavy atom. The highest BCUT2D eigenvalue weighted by Crippen LogP contribution is 2.27. The second-order valence-electron chi connectivity index (χ2n) is 4.81. The molecule has 0 radical (unpaired) electrons. The van der Waals surface area contributed by atoms with Gasteiger partial charge < -0.3 is 10.0 Å². The van der Waals surface area contributed by atoms with Gasteiger partial charge in [0.25, 0.3) is 5.91 Å². The van der Waals surface area contributed by atoms with E-state index in [2.05, 4.69) is 6.92 Å². The first-order valence-electron chi connectivity index (χ1n) is 5.78. The second-order valence-corrected chi connectivity index (χ2v) is 4.81. The number of aromatic hydroxyl groups is 1. The van der Waals surface area contributed by atoms with Gasteiger partial charge in [-0.15, -0.1) is 0 Å². The number of hydrogen-bond donors (Lipinski definition) is 1. The number of benzene rings is 1. The van der Waals surface area contributed by atoms with Crippen LogP contribution in [-0.4, -0.2) is 28.5 Å². The first-order valence-corrected chi connectivity index (χ1v) is 5.78. The Balaban J connectivity index is 2.25. The number of nitrogens with zero attached hydrogens (tertiary/aromatic N) is 1. The molecule has 17 heavy (non-hydrogen) atoms. The molecule has 0 bridgehead atoms. The summed E-state index contributed by atoms with van der Waals surface area (Å²) in [5.41, 5.74) is 0.173. The van der Waals surface area contributed by atoms with Gasteiger partial charge in [-0.05, 0) is 31.4 Å². The summed E-state index contributed by atoms with van der Waals surface area (Å²) in [5, 5.41) is 9.59. The van der Waals surface area contributed by atoms with E-state index >= 15 is 0 Å². The molecule has 2 unspecified atom stereocenters. The minimum atomic E-state index is -0.540. The Morgan fingerprint density at radius 1 is 1.47 bits per heavy atom. The highest BCUT2D eigenvalue weighted by atomic mass is 19.1. The maximum absolute atomic E-state index is 12.8. The van der Waals surface area contributed by atoms with Crippen molar-refractivity contribution in [2.45, 2.75) is 26.3 Å². The van der Waals surface area contributed by atoms with Crippen LogP contribution in [0.2, 0.25) is 0 Å². The molecule has 1 aliphatic heterocycles. The molecular weight excluding hydrogens is 221 g/mol. The van der Waals surface area contributed by atoms with Crippen LogP contribution >= 0.6 is 0 Å². The average Bonchev–Trinajstić information content (AvgIpc) is 2.57. The zero-order chi connectivity index (χ0) is 12.6. The summed E-state index contributed by atoms with van der Waals surface area (Å²) < 4.78 is 12.8. The van der Waals surface area contributed by atoms with Crippen LogP contribution in [0.3, 0.4) is 0 Å². The Hall–Kier alpha value is -1.58. The Labute approximate surface area is 99.9 Å². The van der Waals surface area contributed by atoms with E-state index in [0.717, 1.165) is 12.5 Å². The van der Waals surface area contributed by atoms with Crippen LogP contribution in [0.15, 0.2) is 18.2 Å². The summed E-state index contributed by atoms with van der Waals surface area (Å²) in [4.78, 5) is 13.9. The number of hydrogen-bond acceptors (Lipinski definition) is 2. The smallest absolute Gasteiger partial charge is 0.257 e. The molecule has 2 rings (SSSR count). The van der Waals surface area contributed by atoms with Gasteiger partial charge in [0, 0.05) is 18.7 Å². The van der Waals surface area contributed by atoms with Gasteiger partial charge in [0.1, 0.15) is 11.6 Å². The number of carbonyl (C=O) groups is 1. The lowest BCUT2D eigenvalue weighted by atomic mass is 10.1. The number of halogens is 1. The summed E-state index contributed by atoms with van der Waals surface area (Å²) in [6.45, 7) is 4.77. The van der Waals surface area contributed by atoms with Crippen molar-refractivity contribution in [2.75, 3.05) is 6.54 Å². The zero-order valence-corrected chi connectivity index (χ0v) is 9.98. The number of phenolic OH excluding ortho intramolecular Hbond substituents is 1. The van der Waals surface area contributed by atoms with Gasteiger partial charge in [-0.1, -0.05) is 6.92 Å². The Bertz CT molecular complexity index is 447. The standard InChI is InChI=1S/C13H16FNO2/c1-8-5-9(2)15(7-8)13(17)11-4-3-10(14)6-12(11)16/h3-4,6,8-9,16H,5,7H2,1-2H3. The van der Waals surface area contributed by atoms with Crippen LogP contribution in [0.1, 0.15) is 30.6 Å². The van der Waals surface area contributed by atoms with E-state index in [1.54, 1.807) is 4.90 Å². The normalized spacial score (nSPS) is 24.1. The summed E-state index contributed by atoms with van der Waals surface area (Å²) in [7, 11) is 0. The Kier molecular flexibility index (Phi) is 3.05. The Morgan fingerprint density at radius 2 is 2.18 bits per heavy atom. The van der Waals surface area contributed by atoms with E-state index in [1.165, 1.54) is 12.1 Å². The molecule has 0 aromatic heterocycles. The fourth-order valence-corrected chi connectivity index (χ4v) is 2.42. The molecule has 1 heterocycles. The van der Waals surface area contributed by atoms with E-state index in [1.807, 2.05) is 6.92 Å². The molecule has 1 aliphatic rings. The van der Waals surface area contributed by atoms with Crippen molar-refractivity contribution in [3.63, 3.8) is 0 Å². The number of carbonyl (C=O) groups excluding carboxylic acids is 1. The molecular formula is C13H16FNO2. The molecule has 0 aliphatic carbocycles. The highest BCUT2D eigenvalue weighted by molar-refractivity contribution is 5.97. The van der Waals surface area contributed by atoms with E-state index in [4.69, 9.17) is 0 Å². The first-order chi connectivity index (χ1) is 7.99. The van der Waals surface area contributed by atoms with Gasteiger partial charge in [-0.2, -0.15) is 0 Å². The lowest BCUT2D eigenvalue weighted by Crippen LogP contribution is -2.34. The fraction of sp³-hybridized carbons (Fsp3) is 0.462. The maximum atomic E-state index is 12.8. The van der Waals surface area contributed by atoms with Gasteiger partial charge >= 0.3 is 0 Å². The van der Waals surface area contributed by atoms with Gasteiger partial charge in [0.15, 0.2) is 0 Å². The van der Waals surface area contributed by atoms with E-state index in [0.29, 0.717) is 12.5 Å². The third-order valence-electron chi connectivity index (χ3n) is 3.23. The molecule has 0 saturated carbocycles. The van der Waals surface area contributed by atoms with Crippen LogP contribution in [0, 0.1) is 11.7 Å².